The Hall–Kier alpha value is -1.14. The molecule has 0 spiro atoms. The maximum Gasteiger partial charge on any atom is 0.338 e. The van der Waals surface area contributed by atoms with Crippen LogP contribution in [-0.2, 0) is 4.74 Å². The Morgan fingerprint density at radius 1 is 1.53 bits per heavy atom. The first kappa shape index (κ1) is 10.4. The number of rotatable bonds is 2. The summed E-state index contributed by atoms with van der Waals surface area (Å²) < 4.78 is 5.47. The Morgan fingerprint density at radius 2 is 2.27 bits per heavy atom. The van der Waals surface area contributed by atoms with E-state index < -0.39 is 5.97 Å². The molecule has 1 fully saturated rings. The third-order valence-electron chi connectivity index (χ3n) is 2.02. The second-order valence-corrected chi connectivity index (χ2v) is 4.22. The topological polar surface area (TPSA) is 72.3 Å². The van der Waals surface area contributed by atoms with Crippen LogP contribution in [0, 0.1) is 0 Å². The first-order chi connectivity index (χ1) is 7.27. The van der Waals surface area contributed by atoms with Gasteiger partial charge in [0.05, 0.1) is 12.2 Å². The average Bonchev–Trinajstić information content (AvgIpc) is 2.30. The Kier molecular flexibility index (Phi) is 3.17. The summed E-state index contributed by atoms with van der Waals surface area (Å²) in [5.74, 6) is 1.36. The highest BCUT2D eigenvalue weighted by atomic mass is 32.2. The maximum absolute atomic E-state index is 10.6. The number of carbonyl (C=O) groups is 1. The number of aromatic carboxylic acids is 1. The number of hydrogen-bond donors (Lipinski definition) is 1. The van der Waals surface area contributed by atoms with E-state index in [1.54, 1.807) is 11.8 Å². The second kappa shape index (κ2) is 4.59. The van der Waals surface area contributed by atoms with Crippen molar-refractivity contribution in [2.75, 3.05) is 18.1 Å². The summed E-state index contributed by atoms with van der Waals surface area (Å²) in [4.78, 5) is 18.6. The first-order valence-electron chi connectivity index (χ1n) is 4.52. The van der Waals surface area contributed by atoms with E-state index in [-0.39, 0.29) is 11.7 Å². The molecule has 2 heterocycles. The van der Waals surface area contributed by atoms with E-state index >= 15 is 0 Å². The van der Waals surface area contributed by atoms with E-state index in [0.717, 1.165) is 11.5 Å². The van der Waals surface area contributed by atoms with Crippen LogP contribution in [0.2, 0.25) is 0 Å². The Morgan fingerprint density at radius 3 is 2.80 bits per heavy atom. The fraction of sp³-hybridized carbons (Fsp3) is 0.444. The lowest BCUT2D eigenvalue weighted by Gasteiger charge is -2.20. The number of ether oxygens (including phenoxy) is 1. The van der Waals surface area contributed by atoms with Gasteiger partial charge in [-0.1, -0.05) is 0 Å². The van der Waals surface area contributed by atoms with E-state index in [0.29, 0.717) is 12.4 Å². The lowest BCUT2D eigenvalue weighted by molar-refractivity contribution is 0.0673. The molecule has 0 bridgehead atoms. The van der Waals surface area contributed by atoms with Crippen molar-refractivity contribution in [2.45, 2.75) is 6.10 Å². The van der Waals surface area contributed by atoms with E-state index in [1.807, 2.05) is 0 Å². The molecule has 15 heavy (non-hydrogen) atoms. The molecule has 80 valence electrons. The summed E-state index contributed by atoms with van der Waals surface area (Å²) in [5.41, 5.74) is 0.0993. The molecule has 0 aliphatic carbocycles. The van der Waals surface area contributed by atoms with Gasteiger partial charge in [-0.2, -0.15) is 11.8 Å². The monoisotopic (exact) mass is 226 g/mol. The molecule has 1 unspecified atom stereocenters. The lowest BCUT2D eigenvalue weighted by atomic mass is 10.3. The molecule has 6 heteroatoms. The molecule has 1 N–H and O–H groups in total. The average molecular weight is 226 g/mol. The molecule has 0 radical (unpaired) electrons. The molecule has 0 amide bonds. The van der Waals surface area contributed by atoms with Crippen molar-refractivity contribution < 1.29 is 14.6 Å². The minimum Gasteiger partial charge on any atom is -0.478 e. The Balaban J connectivity index is 2.11. The van der Waals surface area contributed by atoms with Crippen molar-refractivity contribution in [3.05, 3.63) is 23.8 Å². The highest BCUT2D eigenvalue weighted by Crippen LogP contribution is 2.23. The number of carboxylic acid groups (broad SMARTS) is 1. The molecule has 1 aliphatic heterocycles. The van der Waals surface area contributed by atoms with Crippen molar-refractivity contribution >= 4 is 17.7 Å². The highest BCUT2D eigenvalue weighted by Gasteiger charge is 2.19. The van der Waals surface area contributed by atoms with Crippen molar-refractivity contribution in [3.63, 3.8) is 0 Å². The molecule has 0 saturated carbocycles. The van der Waals surface area contributed by atoms with Crippen molar-refractivity contribution in [1.82, 2.24) is 9.97 Å². The normalized spacial score (nSPS) is 21.2. The standard InChI is InChI=1S/C9H10N2O3S/c12-9(13)6-3-10-8(11-4-6)7-5-15-2-1-14-7/h3-4,7H,1-2,5H2,(H,12,13). The summed E-state index contributed by atoms with van der Waals surface area (Å²) in [6.45, 7) is 0.694. The van der Waals surface area contributed by atoms with E-state index in [2.05, 4.69) is 9.97 Å². The summed E-state index contributed by atoms with van der Waals surface area (Å²) in [6.07, 6.45) is 2.52. The first-order valence-corrected chi connectivity index (χ1v) is 5.67. The minimum absolute atomic E-state index is 0.0993. The molecule has 5 nitrogen and oxygen atoms in total. The predicted octanol–water partition coefficient (Wildman–Crippen LogP) is 0.979. The fourth-order valence-electron chi connectivity index (χ4n) is 1.25. The predicted molar refractivity (Wildman–Crippen MR) is 55.0 cm³/mol. The zero-order chi connectivity index (χ0) is 10.7. The quantitative estimate of drug-likeness (QED) is 0.810. The van der Waals surface area contributed by atoms with Gasteiger partial charge in [0.25, 0.3) is 0 Å². The molecule has 1 atom stereocenters. The van der Waals surface area contributed by atoms with Crippen LogP contribution in [0.5, 0.6) is 0 Å². The van der Waals surface area contributed by atoms with Gasteiger partial charge in [0.15, 0.2) is 5.82 Å². The van der Waals surface area contributed by atoms with Gasteiger partial charge >= 0.3 is 5.97 Å². The summed E-state index contributed by atoms with van der Waals surface area (Å²) in [6, 6.07) is 0. The minimum atomic E-state index is -1.01. The van der Waals surface area contributed by atoms with Crippen LogP contribution in [0.1, 0.15) is 22.3 Å². The molecular weight excluding hydrogens is 216 g/mol. The van der Waals surface area contributed by atoms with Gasteiger partial charge in [0.1, 0.15) is 6.10 Å². The van der Waals surface area contributed by atoms with Gasteiger partial charge in [-0.25, -0.2) is 14.8 Å². The number of thioether (sulfide) groups is 1. The van der Waals surface area contributed by atoms with Crippen LogP contribution in [0.3, 0.4) is 0 Å². The van der Waals surface area contributed by atoms with Crippen molar-refractivity contribution in [3.8, 4) is 0 Å². The zero-order valence-corrected chi connectivity index (χ0v) is 8.74. The number of nitrogens with zero attached hydrogens (tertiary/aromatic N) is 2. The summed E-state index contributed by atoms with van der Waals surface area (Å²) >= 11 is 1.79. The third kappa shape index (κ3) is 2.45. The summed E-state index contributed by atoms with van der Waals surface area (Å²) in [5, 5.41) is 8.67. The number of carboxylic acids is 1. The SMILES string of the molecule is O=C(O)c1cnc(C2CSCCO2)nc1. The van der Waals surface area contributed by atoms with Crippen molar-refractivity contribution in [1.29, 1.82) is 0 Å². The zero-order valence-electron chi connectivity index (χ0n) is 7.92. The van der Waals surface area contributed by atoms with Crippen LogP contribution in [0.4, 0.5) is 0 Å². The van der Waals surface area contributed by atoms with Gasteiger partial charge in [0, 0.05) is 23.9 Å². The van der Waals surface area contributed by atoms with E-state index in [9.17, 15) is 4.79 Å². The van der Waals surface area contributed by atoms with Crippen molar-refractivity contribution in [2.24, 2.45) is 0 Å². The van der Waals surface area contributed by atoms with E-state index in [4.69, 9.17) is 9.84 Å². The molecule has 1 aromatic heterocycles. The lowest BCUT2D eigenvalue weighted by Crippen LogP contribution is -2.18. The fourth-order valence-corrected chi connectivity index (χ4v) is 2.09. The van der Waals surface area contributed by atoms with Gasteiger partial charge in [-0.05, 0) is 0 Å². The number of aromatic nitrogens is 2. The van der Waals surface area contributed by atoms with Crippen LogP contribution in [0.15, 0.2) is 12.4 Å². The Bertz CT molecular complexity index is 349. The molecule has 1 saturated heterocycles. The van der Waals surface area contributed by atoms with Crippen LogP contribution < -0.4 is 0 Å². The highest BCUT2D eigenvalue weighted by molar-refractivity contribution is 7.99. The van der Waals surface area contributed by atoms with Gasteiger partial charge in [0.2, 0.25) is 0 Å². The number of hydrogen-bond acceptors (Lipinski definition) is 5. The van der Waals surface area contributed by atoms with Gasteiger partial charge in [-0.3, -0.25) is 0 Å². The molecule has 1 aromatic rings. The van der Waals surface area contributed by atoms with Gasteiger partial charge in [-0.15, -0.1) is 0 Å². The molecule has 1 aliphatic rings. The Labute approximate surface area is 90.9 Å². The van der Waals surface area contributed by atoms with Crippen LogP contribution in [0.25, 0.3) is 0 Å². The third-order valence-corrected chi connectivity index (χ3v) is 3.02. The van der Waals surface area contributed by atoms with Crippen LogP contribution in [-0.4, -0.2) is 39.2 Å². The van der Waals surface area contributed by atoms with E-state index in [1.165, 1.54) is 12.4 Å². The molecule has 2 rings (SSSR count). The largest absolute Gasteiger partial charge is 0.478 e. The molecule has 0 aromatic carbocycles. The maximum atomic E-state index is 10.6. The second-order valence-electron chi connectivity index (χ2n) is 3.07. The van der Waals surface area contributed by atoms with Crippen LogP contribution >= 0.6 is 11.8 Å². The summed E-state index contributed by atoms with van der Waals surface area (Å²) in [7, 11) is 0. The smallest absolute Gasteiger partial charge is 0.338 e. The van der Waals surface area contributed by atoms with Gasteiger partial charge < -0.3 is 9.84 Å². The molecular formula is C9H10N2O3S.